The highest BCUT2D eigenvalue weighted by Gasteiger charge is 2.27. The molecule has 9 nitrogen and oxygen atoms in total. The molecule has 3 N–H and O–H groups in total. The summed E-state index contributed by atoms with van der Waals surface area (Å²) in [5.74, 6) is -0.372. The van der Waals surface area contributed by atoms with Crippen molar-refractivity contribution in [2.45, 2.75) is 36.4 Å². The Hall–Kier alpha value is -2.89. The predicted molar refractivity (Wildman–Crippen MR) is 124 cm³/mol. The summed E-state index contributed by atoms with van der Waals surface area (Å²) in [5.41, 5.74) is 2.55. The van der Waals surface area contributed by atoms with Crippen molar-refractivity contribution in [1.29, 1.82) is 0 Å². The molecule has 3 aromatic rings. The third-order valence-electron chi connectivity index (χ3n) is 5.14. The number of para-hydroxylation sites is 2. The molecule has 1 aliphatic heterocycles. The summed E-state index contributed by atoms with van der Waals surface area (Å²) in [4.78, 5) is 31.1. The minimum atomic E-state index is -3.84. The minimum absolute atomic E-state index is 0.00583. The number of hydrogen-bond acceptors (Lipinski definition) is 6. The van der Waals surface area contributed by atoms with Gasteiger partial charge < -0.3 is 14.8 Å². The molecule has 0 saturated heterocycles. The lowest BCUT2D eigenvalue weighted by Crippen LogP contribution is -2.43. The van der Waals surface area contributed by atoms with E-state index in [-0.39, 0.29) is 29.0 Å². The maximum atomic E-state index is 13.0. The lowest BCUT2D eigenvalue weighted by Gasteiger charge is -2.29. The highest BCUT2D eigenvalue weighted by Crippen LogP contribution is 2.31. The van der Waals surface area contributed by atoms with Crippen LogP contribution in [0.5, 0.6) is 0 Å². The van der Waals surface area contributed by atoms with Gasteiger partial charge in [-0.3, -0.25) is 9.59 Å². The van der Waals surface area contributed by atoms with Crippen molar-refractivity contribution in [3.63, 3.8) is 0 Å². The third-order valence-corrected chi connectivity index (χ3v) is 7.02. The molecule has 2 heterocycles. The smallest absolute Gasteiger partial charge is 0.244 e. The van der Waals surface area contributed by atoms with Gasteiger partial charge in [-0.2, -0.15) is 0 Å². The molecule has 0 spiro atoms. The number of fused-ring (bicyclic) bond motifs is 2. The van der Waals surface area contributed by atoms with Crippen LogP contribution >= 0.6 is 11.8 Å². The molecule has 32 heavy (non-hydrogen) atoms. The number of carbonyl (C=O) groups excluding carboxylic acids is 2. The Balaban J connectivity index is 1.61. The fourth-order valence-electron chi connectivity index (χ4n) is 3.57. The van der Waals surface area contributed by atoms with Gasteiger partial charge in [0.2, 0.25) is 21.8 Å². The van der Waals surface area contributed by atoms with Crippen LogP contribution in [0.3, 0.4) is 0 Å². The van der Waals surface area contributed by atoms with E-state index in [0.29, 0.717) is 28.6 Å². The number of nitrogens with zero attached hydrogens (tertiary/aromatic N) is 3. The Morgan fingerprint density at radius 2 is 2.03 bits per heavy atom. The Kier molecular flexibility index (Phi) is 6.22. The third kappa shape index (κ3) is 4.50. The first-order chi connectivity index (χ1) is 15.3. The van der Waals surface area contributed by atoms with E-state index in [4.69, 9.17) is 5.14 Å². The first-order valence-corrected chi connectivity index (χ1v) is 12.7. The summed E-state index contributed by atoms with van der Waals surface area (Å²) in [7, 11) is -3.84. The van der Waals surface area contributed by atoms with Crippen LogP contribution in [-0.2, 0) is 26.2 Å². The molecule has 0 aliphatic carbocycles. The van der Waals surface area contributed by atoms with Crippen LogP contribution in [0.15, 0.2) is 52.5 Å². The molecule has 0 unspecified atom stereocenters. The topological polar surface area (TPSA) is 127 Å². The molecule has 0 saturated carbocycles. The molecule has 0 bridgehead atoms. The summed E-state index contributed by atoms with van der Waals surface area (Å²) in [6.45, 7) is 2.72. The average Bonchev–Trinajstić information content (AvgIpc) is 3.11. The summed E-state index contributed by atoms with van der Waals surface area (Å²) in [6.07, 6.45) is 1.88. The van der Waals surface area contributed by atoms with E-state index in [1.54, 1.807) is 24.3 Å². The van der Waals surface area contributed by atoms with Crippen molar-refractivity contribution in [1.82, 2.24) is 9.55 Å². The molecular weight excluding hydrogens is 450 g/mol. The first kappa shape index (κ1) is 22.3. The van der Waals surface area contributed by atoms with Gasteiger partial charge in [-0.1, -0.05) is 37.2 Å². The number of aryl methyl sites for hydroxylation is 1. The number of aromatic nitrogens is 2. The van der Waals surface area contributed by atoms with Gasteiger partial charge in [0, 0.05) is 6.54 Å². The summed E-state index contributed by atoms with van der Waals surface area (Å²) >= 11 is 1.26. The molecule has 4 rings (SSSR count). The van der Waals surface area contributed by atoms with E-state index in [2.05, 4.69) is 17.2 Å². The number of nitrogens with two attached hydrogens (primary N) is 1. The van der Waals surface area contributed by atoms with Crippen molar-refractivity contribution < 1.29 is 18.0 Å². The quantitative estimate of drug-likeness (QED) is 0.508. The number of anilines is 2. The van der Waals surface area contributed by atoms with Gasteiger partial charge in [-0.25, -0.2) is 18.5 Å². The van der Waals surface area contributed by atoms with Gasteiger partial charge in [0.05, 0.1) is 33.1 Å². The lowest BCUT2D eigenvalue weighted by atomic mass is 10.2. The van der Waals surface area contributed by atoms with E-state index in [1.807, 2.05) is 10.6 Å². The molecular formula is C21H23N5O4S2. The second-order valence-corrected chi connectivity index (χ2v) is 9.93. The highest BCUT2D eigenvalue weighted by molar-refractivity contribution is 7.99. The molecule has 0 atom stereocenters. The molecule has 1 aliphatic rings. The first-order valence-electron chi connectivity index (χ1n) is 10.1. The van der Waals surface area contributed by atoms with Crippen molar-refractivity contribution in [3.8, 4) is 0 Å². The van der Waals surface area contributed by atoms with E-state index in [1.165, 1.54) is 28.8 Å². The molecule has 168 valence electrons. The van der Waals surface area contributed by atoms with E-state index in [0.717, 1.165) is 18.4 Å². The van der Waals surface area contributed by atoms with Crippen molar-refractivity contribution in [2.75, 3.05) is 22.5 Å². The van der Waals surface area contributed by atoms with Gasteiger partial charge in [0.1, 0.15) is 6.54 Å². The number of primary sulfonamides is 1. The van der Waals surface area contributed by atoms with Crippen molar-refractivity contribution in [2.24, 2.45) is 5.14 Å². The number of thioether (sulfide) groups is 1. The Morgan fingerprint density at radius 3 is 2.78 bits per heavy atom. The number of carbonyl (C=O) groups is 2. The summed E-state index contributed by atoms with van der Waals surface area (Å²) in [5, 5.41) is 8.64. The van der Waals surface area contributed by atoms with Crippen LogP contribution in [0, 0.1) is 0 Å². The summed E-state index contributed by atoms with van der Waals surface area (Å²) in [6, 6.07) is 11.8. The number of nitrogens with one attached hydrogen (secondary N) is 1. The number of benzene rings is 2. The van der Waals surface area contributed by atoms with E-state index >= 15 is 0 Å². The van der Waals surface area contributed by atoms with Crippen LogP contribution in [0.25, 0.3) is 11.0 Å². The normalized spacial score (nSPS) is 13.8. The van der Waals surface area contributed by atoms with Crippen molar-refractivity contribution in [3.05, 3.63) is 42.5 Å². The monoisotopic (exact) mass is 473 g/mol. The zero-order valence-corrected chi connectivity index (χ0v) is 19.1. The van der Waals surface area contributed by atoms with Gasteiger partial charge in [0.25, 0.3) is 0 Å². The molecule has 2 aromatic carbocycles. The SMILES string of the molecule is CCCCn1c(SCC(=O)N2CC(=O)Nc3ccccc32)nc2cc(S(N)(=O)=O)ccc21. The second-order valence-electron chi connectivity index (χ2n) is 7.43. The van der Waals surface area contributed by atoms with E-state index < -0.39 is 10.0 Å². The van der Waals surface area contributed by atoms with E-state index in [9.17, 15) is 18.0 Å². The number of hydrogen-bond donors (Lipinski definition) is 2. The van der Waals surface area contributed by atoms with Crippen LogP contribution < -0.4 is 15.4 Å². The fraction of sp³-hybridized carbons (Fsp3) is 0.286. The van der Waals surface area contributed by atoms with Crippen molar-refractivity contribution >= 4 is 56.0 Å². The predicted octanol–water partition coefficient (Wildman–Crippen LogP) is 2.56. The Morgan fingerprint density at radius 1 is 1.25 bits per heavy atom. The van der Waals surface area contributed by atoms with Crippen LogP contribution in [0.1, 0.15) is 19.8 Å². The van der Waals surface area contributed by atoms with Gasteiger partial charge >= 0.3 is 0 Å². The van der Waals surface area contributed by atoms with Gasteiger partial charge in [0.15, 0.2) is 5.16 Å². The minimum Gasteiger partial charge on any atom is -0.323 e. The number of sulfonamides is 1. The number of amides is 2. The zero-order valence-electron chi connectivity index (χ0n) is 17.4. The maximum Gasteiger partial charge on any atom is 0.244 e. The zero-order chi connectivity index (χ0) is 22.9. The fourth-order valence-corrected chi connectivity index (χ4v) is 5.02. The lowest BCUT2D eigenvalue weighted by molar-refractivity contribution is -0.120. The maximum absolute atomic E-state index is 13.0. The Bertz CT molecular complexity index is 1300. The second kappa shape index (κ2) is 8.93. The molecule has 1 aromatic heterocycles. The standard InChI is InChI=1S/C21H23N5O4S2/c1-2-3-10-25-18-9-8-14(32(22,29)30)11-16(18)24-21(25)31-13-20(28)26-12-19(27)23-15-6-4-5-7-17(15)26/h4-9,11H,2-3,10,12-13H2,1H3,(H,23,27)(H2,22,29,30). The molecule has 0 radical (unpaired) electrons. The van der Waals surface area contributed by atoms with Gasteiger partial charge in [-0.15, -0.1) is 0 Å². The largest absolute Gasteiger partial charge is 0.323 e. The molecule has 0 fully saturated rings. The molecule has 11 heteroatoms. The van der Waals surface area contributed by atoms with Gasteiger partial charge in [-0.05, 0) is 36.8 Å². The highest BCUT2D eigenvalue weighted by atomic mass is 32.2. The average molecular weight is 474 g/mol. The number of rotatable bonds is 7. The van der Waals surface area contributed by atoms with Crippen LogP contribution in [0.4, 0.5) is 11.4 Å². The Labute approximate surface area is 190 Å². The van der Waals surface area contributed by atoms with Crippen LogP contribution in [0.2, 0.25) is 0 Å². The summed E-state index contributed by atoms with van der Waals surface area (Å²) < 4.78 is 25.4. The van der Waals surface area contributed by atoms with Crippen LogP contribution in [-0.4, -0.2) is 42.1 Å². The number of imidazole rings is 1. The molecule has 2 amide bonds. The number of unbranched alkanes of at least 4 members (excludes halogenated alkanes) is 1.